The van der Waals surface area contributed by atoms with Crippen LogP contribution < -0.4 is 5.32 Å². The highest BCUT2D eigenvalue weighted by Gasteiger charge is 2.10. The second-order valence-corrected chi connectivity index (χ2v) is 3.59. The topological polar surface area (TPSA) is 52.6 Å². The van der Waals surface area contributed by atoms with Gasteiger partial charge < -0.3 is 15.3 Å². The number of carbonyl (C=O) groups is 1. The molecule has 0 radical (unpaired) electrons. The molecule has 0 heterocycles. The summed E-state index contributed by atoms with van der Waals surface area (Å²) in [6.45, 7) is 1.67. The van der Waals surface area contributed by atoms with Crippen molar-refractivity contribution in [1.29, 1.82) is 0 Å². The largest absolute Gasteiger partial charge is 0.389 e. The van der Waals surface area contributed by atoms with Gasteiger partial charge in [-0.1, -0.05) is 18.2 Å². The van der Waals surface area contributed by atoms with E-state index in [0.29, 0.717) is 11.3 Å². The molecule has 4 heteroatoms. The molecular weight excluding hydrogens is 192 g/mol. The summed E-state index contributed by atoms with van der Waals surface area (Å²) in [5, 5.41) is 12.2. The van der Waals surface area contributed by atoms with Crippen LogP contribution in [-0.4, -0.2) is 30.1 Å². The fourth-order valence-corrected chi connectivity index (χ4v) is 1.20. The van der Waals surface area contributed by atoms with Crippen LogP contribution in [0.25, 0.3) is 0 Å². The van der Waals surface area contributed by atoms with Crippen molar-refractivity contribution in [2.75, 3.05) is 19.4 Å². The van der Waals surface area contributed by atoms with Crippen molar-refractivity contribution in [3.05, 3.63) is 29.8 Å². The second kappa shape index (κ2) is 4.79. The smallest absolute Gasteiger partial charge is 0.321 e. The molecule has 1 aromatic carbocycles. The van der Waals surface area contributed by atoms with Crippen LogP contribution in [0.5, 0.6) is 0 Å². The maximum Gasteiger partial charge on any atom is 0.321 e. The maximum absolute atomic E-state index is 11.4. The van der Waals surface area contributed by atoms with E-state index in [1.165, 1.54) is 4.90 Å². The molecule has 1 unspecified atom stereocenters. The van der Waals surface area contributed by atoms with Crippen LogP contribution in [0, 0.1) is 0 Å². The van der Waals surface area contributed by atoms with E-state index in [1.54, 1.807) is 33.2 Å². The van der Waals surface area contributed by atoms with Gasteiger partial charge in [-0.05, 0) is 13.0 Å². The Hall–Kier alpha value is -1.55. The van der Waals surface area contributed by atoms with Gasteiger partial charge in [0.15, 0.2) is 0 Å². The number of para-hydroxylation sites is 1. The fourth-order valence-electron chi connectivity index (χ4n) is 1.20. The average molecular weight is 208 g/mol. The number of hydrogen-bond acceptors (Lipinski definition) is 2. The number of rotatable bonds is 2. The number of nitrogens with one attached hydrogen (secondary N) is 1. The molecule has 0 aliphatic carbocycles. The highest BCUT2D eigenvalue weighted by atomic mass is 16.3. The van der Waals surface area contributed by atoms with Gasteiger partial charge in [0.05, 0.1) is 6.10 Å². The van der Waals surface area contributed by atoms with Crippen LogP contribution in [0.4, 0.5) is 10.5 Å². The Morgan fingerprint density at radius 1 is 1.40 bits per heavy atom. The number of nitrogens with zero attached hydrogens (tertiary/aromatic N) is 1. The molecule has 0 aliphatic rings. The SMILES string of the molecule is CC(O)c1ccccc1NC(=O)N(C)C. The molecule has 1 rings (SSSR count). The zero-order valence-corrected chi connectivity index (χ0v) is 9.19. The standard InChI is InChI=1S/C11H16N2O2/c1-8(14)9-6-4-5-7-10(9)12-11(15)13(2)3/h4-8,14H,1-3H3,(H,12,15). The molecule has 0 aliphatic heterocycles. The van der Waals surface area contributed by atoms with E-state index in [0.717, 1.165) is 0 Å². The van der Waals surface area contributed by atoms with Crippen LogP contribution in [-0.2, 0) is 0 Å². The van der Waals surface area contributed by atoms with Crippen LogP contribution in [0.2, 0.25) is 0 Å². The van der Waals surface area contributed by atoms with E-state index in [9.17, 15) is 9.90 Å². The Kier molecular flexibility index (Phi) is 3.68. The first kappa shape index (κ1) is 11.5. The molecule has 0 spiro atoms. The van der Waals surface area contributed by atoms with E-state index in [-0.39, 0.29) is 6.03 Å². The third kappa shape index (κ3) is 2.95. The van der Waals surface area contributed by atoms with Gasteiger partial charge in [0.1, 0.15) is 0 Å². The minimum atomic E-state index is -0.594. The minimum absolute atomic E-state index is 0.205. The van der Waals surface area contributed by atoms with E-state index >= 15 is 0 Å². The molecule has 0 fully saturated rings. The van der Waals surface area contributed by atoms with Crippen molar-refractivity contribution in [2.45, 2.75) is 13.0 Å². The normalized spacial score (nSPS) is 12.0. The summed E-state index contributed by atoms with van der Waals surface area (Å²) < 4.78 is 0. The van der Waals surface area contributed by atoms with Crippen LogP contribution in [0.3, 0.4) is 0 Å². The first-order chi connectivity index (χ1) is 7.02. The minimum Gasteiger partial charge on any atom is -0.389 e. The number of hydrogen-bond donors (Lipinski definition) is 2. The Morgan fingerprint density at radius 3 is 2.53 bits per heavy atom. The van der Waals surface area contributed by atoms with Gasteiger partial charge in [-0.15, -0.1) is 0 Å². The summed E-state index contributed by atoms with van der Waals surface area (Å²) in [5.41, 5.74) is 1.36. The van der Waals surface area contributed by atoms with Gasteiger partial charge >= 0.3 is 6.03 Å². The molecule has 1 atom stereocenters. The van der Waals surface area contributed by atoms with Crippen molar-refractivity contribution in [2.24, 2.45) is 0 Å². The lowest BCUT2D eigenvalue weighted by molar-refractivity contribution is 0.200. The number of urea groups is 1. The Labute approximate surface area is 89.5 Å². The van der Waals surface area contributed by atoms with Crippen LogP contribution in [0.15, 0.2) is 24.3 Å². The molecule has 0 aromatic heterocycles. The quantitative estimate of drug-likeness (QED) is 0.779. The van der Waals surface area contributed by atoms with Crippen LogP contribution >= 0.6 is 0 Å². The van der Waals surface area contributed by atoms with Crippen molar-refractivity contribution in [3.63, 3.8) is 0 Å². The molecule has 15 heavy (non-hydrogen) atoms. The predicted octanol–water partition coefficient (Wildman–Crippen LogP) is 1.83. The third-order valence-corrected chi connectivity index (χ3v) is 2.06. The fraction of sp³-hybridized carbons (Fsp3) is 0.364. The monoisotopic (exact) mass is 208 g/mol. The number of benzene rings is 1. The third-order valence-electron chi connectivity index (χ3n) is 2.06. The first-order valence-corrected chi connectivity index (χ1v) is 4.77. The highest BCUT2D eigenvalue weighted by molar-refractivity contribution is 5.89. The molecule has 0 saturated carbocycles. The molecule has 0 saturated heterocycles. The predicted molar refractivity (Wildman–Crippen MR) is 59.8 cm³/mol. The molecule has 82 valence electrons. The van der Waals surface area contributed by atoms with Crippen molar-refractivity contribution >= 4 is 11.7 Å². The number of aliphatic hydroxyl groups is 1. The lowest BCUT2D eigenvalue weighted by atomic mass is 10.1. The summed E-state index contributed by atoms with van der Waals surface area (Å²) in [4.78, 5) is 12.9. The van der Waals surface area contributed by atoms with E-state index in [4.69, 9.17) is 0 Å². The second-order valence-electron chi connectivity index (χ2n) is 3.59. The van der Waals surface area contributed by atoms with Crippen molar-refractivity contribution < 1.29 is 9.90 Å². The first-order valence-electron chi connectivity index (χ1n) is 4.77. The van der Waals surface area contributed by atoms with Gasteiger partial charge in [-0.3, -0.25) is 0 Å². The van der Waals surface area contributed by atoms with E-state index in [2.05, 4.69) is 5.32 Å². The summed E-state index contributed by atoms with van der Waals surface area (Å²) in [6.07, 6.45) is -0.594. The maximum atomic E-state index is 11.4. The van der Waals surface area contributed by atoms with Gasteiger partial charge in [0, 0.05) is 25.3 Å². The van der Waals surface area contributed by atoms with E-state index < -0.39 is 6.10 Å². The number of anilines is 1. The van der Waals surface area contributed by atoms with Crippen LogP contribution in [0.1, 0.15) is 18.6 Å². The zero-order valence-electron chi connectivity index (χ0n) is 9.19. The van der Waals surface area contributed by atoms with Gasteiger partial charge in [-0.2, -0.15) is 0 Å². The van der Waals surface area contributed by atoms with Gasteiger partial charge in [0.25, 0.3) is 0 Å². The molecular formula is C11H16N2O2. The summed E-state index contributed by atoms with van der Waals surface area (Å²) in [6, 6.07) is 6.99. The molecule has 2 amide bonds. The Balaban J connectivity index is 2.89. The number of aliphatic hydroxyl groups excluding tert-OH is 1. The number of carbonyl (C=O) groups excluding carboxylic acids is 1. The summed E-state index contributed by atoms with van der Waals surface area (Å²) >= 11 is 0. The highest BCUT2D eigenvalue weighted by Crippen LogP contribution is 2.22. The lowest BCUT2D eigenvalue weighted by Gasteiger charge is -2.16. The van der Waals surface area contributed by atoms with E-state index in [1.807, 2.05) is 12.1 Å². The zero-order chi connectivity index (χ0) is 11.4. The Bertz CT molecular complexity index is 348. The molecule has 1 aromatic rings. The summed E-state index contributed by atoms with van der Waals surface area (Å²) in [5.74, 6) is 0. The number of amides is 2. The lowest BCUT2D eigenvalue weighted by Crippen LogP contribution is -2.27. The van der Waals surface area contributed by atoms with Gasteiger partial charge in [-0.25, -0.2) is 4.79 Å². The molecule has 0 bridgehead atoms. The average Bonchev–Trinajstić information content (AvgIpc) is 2.18. The van der Waals surface area contributed by atoms with Gasteiger partial charge in [0.2, 0.25) is 0 Å². The van der Waals surface area contributed by atoms with Crippen molar-refractivity contribution in [3.8, 4) is 0 Å². The molecule has 2 N–H and O–H groups in total. The molecule has 4 nitrogen and oxygen atoms in total. The van der Waals surface area contributed by atoms with Crippen molar-refractivity contribution in [1.82, 2.24) is 4.90 Å². The Morgan fingerprint density at radius 2 is 2.00 bits per heavy atom. The summed E-state index contributed by atoms with van der Waals surface area (Å²) in [7, 11) is 3.33.